The van der Waals surface area contributed by atoms with Crippen LogP contribution in [0.15, 0.2) is 41.8 Å². The molecule has 3 aromatic rings. The number of aromatic nitrogens is 1. The SMILES string of the molecule is O=C(Cc1csc(NC(=O)c2ccc3c(c2)OCO3)n1)NCc1ccc(F)cc1F. The molecule has 0 bridgehead atoms. The largest absolute Gasteiger partial charge is 0.454 e. The molecule has 0 radical (unpaired) electrons. The number of carbonyl (C=O) groups excluding carboxylic acids is 2. The molecule has 2 amide bonds. The Hall–Kier alpha value is -3.53. The molecule has 0 saturated heterocycles. The Morgan fingerprint density at radius 2 is 1.93 bits per heavy atom. The first-order chi connectivity index (χ1) is 14.5. The summed E-state index contributed by atoms with van der Waals surface area (Å²) >= 11 is 1.18. The Morgan fingerprint density at radius 3 is 2.77 bits per heavy atom. The predicted molar refractivity (Wildman–Crippen MR) is 105 cm³/mol. The standard InChI is InChI=1S/C20H15F2N3O4S/c21-13-3-1-12(15(22)6-13)8-23-18(26)7-14-9-30-20(24-14)25-19(27)11-2-4-16-17(5-11)29-10-28-16/h1-6,9H,7-8,10H2,(H,23,26)(H,24,25,27). The molecular formula is C20H15F2N3O4S. The van der Waals surface area contributed by atoms with Crippen molar-refractivity contribution >= 4 is 28.3 Å². The van der Waals surface area contributed by atoms with Gasteiger partial charge in [-0.25, -0.2) is 13.8 Å². The summed E-state index contributed by atoms with van der Waals surface area (Å²) in [5.41, 5.74) is 1.02. The zero-order valence-electron chi connectivity index (χ0n) is 15.4. The highest BCUT2D eigenvalue weighted by Gasteiger charge is 2.17. The van der Waals surface area contributed by atoms with Crippen LogP contribution in [0.5, 0.6) is 11.5 Å². The van der Waals surface area contributed by atoms with Gasteiger partial charge in [-0.15, -0.1) is 11.3 Å². The van der Waals surface area contributed by atoms with Crippen molar-refractivity contribution in [1.82, 2.24) is 10.3 Å². The van der Waals surface area contributed by atoms with Gasteiger partial charge in [0.15, 0.2) is 16.6 Å². The van der Waals surface area contributed by atoms with Gasteiger partial charge >= 0.3 is 0 Å². The number of anilines is 1. The summed E-state index contributed by atoms with van der Waals surface area (Å²) in [7, 11) is 0. The molecule has 1 aliphatic rings. The number of carbonyl (C=O) groups is 2. The van der Waals surface area contributed by atoms with Crippen molar-refractivity contribution in [1.29, 1.82) is 0 Å². The average Bonchev–Trinajstić information content (AvgIpc) is 3.35. The second-order valence-corrected chi connectivity index (χ2v) is 7.21. The monoisotopic (exact) mass is 431 g/mol. The Bertz CT molecular complexity index is 1120. The van der Waals surface area contributed by atoms with Crippen molar-refractivity contribution in [2.75, 3.05) is 12.1 Å². The van der Waals surface area contributed by atoms with E-state index in [1.807, 2.05) is 0 Å². The van der Waals surface area contributed by atoms with Gasteiger partial charge in [0.1, 0.15) is 11.6 Å². The molecule has 154 valence electrons. The minimum absolute atomic E-state index is 0.0425. The average molecular weight is 431 g/mol. The minimum atomic E-state index is -0.725. The van der Waals surface area contributed by atoms with E-state index in [0.29, 0.717) is 27.9 Å². The van der Waals surface area contributed by atoms with Crippen LogP contribution in [-0.4, -0.2) is 23.6 Å². The van der Waals surface area contributed by atoms with Crippen LogP contribution in [0.25, 0.3) is 0 Å². The molecule has 2 heterocycles. The number of hydrogen-bond acceptors (Lipinski definition) is 6. The van der Waals surface area contributed by atoms with E-state index in [-0.39, 0.29) is 37.1 Å². The highest BCUT2D eigenvalue weighted by molar-refractivity contribution is 7.14. The molecule has 0 aliphatic carbocycles. The van der Waals surface area contributed by atoms with Gasteiger partial charge in [0, 0.05) is 29.1 Å². The van der Waals surface area contributed by atoms with Crippen molar-refractivity contribution < 1.29 is 27.8 Å². The van der Waals surface area contributed by atoms with E-state index in [1.165, 1.54) is 17.4 Å². The lowest BCUT2D eigenvalue weighted by molar-refractivity contribution is -0.120. The third-order valence-corrected chi connectivity index (χ3v) is 5.05. The molecule has 2 aromatic carbocycles. The lowest BCUT2D eigenvalue weighted by atomic mass is 10.2. The molecule has 1 aliphatic heterocycles. The summed E-state index contributed by atoms with van der Waals surface area (Å²) in [6.07, 6.45) is -0.0425. The smallest absolute Gasteiger partial charge is 0.257 e. The highest BCUT2D eigenvalue weighted by Crippen LogP contribution is 2.32. The van der Waals surface area contributed by atoms with Crippen LogP contribution in [0.2, 0.25) is 0 Å². The van der Waals surface area contributed by atoms with Crippen LogP contribution >= 0.6 is 11.3 Å². The Labute approximate surface area is 173 Å². The fraction of sp³-hybridized carbons (Fsp3) is 0.150. The molecule has 10 heteroatoms. The number of fused-ring (bicyclic) bond motifs is 1. The van der Waals surface area contributed by atoms with E-state index in [4.69, 9.17) is 9.47 Å². The van der Waals surface area contributed by atoms with Crippen LogP contribution < -0.4 is 20.1 Å². The van der Waals surface area contributed by atoms with Crippen LogP contribution in [-0.2, 0) is 17.8 Å². The van der Waals surface area contributed by atoms with Gasteiger partial charge in [0.2, 0.25) is 12.7 Å². The summed E-state index contributed by atoms with van der Waals surface area (Å²) < 4.78 is 37.0. The van der Waals surface area contributed by atoms with Crippen molar-refractivity contribution in [3.63, 3.8) is 0 Å². The van der Waals surface area contributed by atoms with E-state index < -0.39 is 11.6 Å². The fourth-order valence-electron chi connectivity index (χ4n) is 2.74. The van der Waals surface area contributed by atoms with E-state index in [1.54, 1.807) is 23.6 Å². The van der Waals surface area contributed by atoms with Gasteiger partial charge in [-0.1, -0.05) is 6.07 Å². The van der Waals surface area contributed by atoms with E-state index in [9.17, 15) is 18.4 Å². The second-order valence-electron chi connectivity index (χ2n) is 6.36. The molecule has 4 rings (SSSR count). The Morgan fingerprint density at radius 1 is 1.10 bits per heavy atom. The quantitative estimate of drug-likeness (QED) is 0.625. The van der Waals surface area contributed by atoms with Gasteiger partial charge in [-0.3, -0.25) is 14.9 Å². The molecule has 1 aromatic heterocycles. The van der Waals surface area contributed by atoms with E-state index in [0.717, 1.165) is 12.1 Å². The number of halogens is 2. The summed E-state index contributed by atoms with van der Waals surface area (Å²) in [6.45, 7) is 0.0505. The predicted octanol–water partition coefficient (Wildman–Crippen LogP) is 3.26. The third kappa shape index (κ3) is 4.54. The maximum absolute atomic E-state index is 13.6. The fourth-order valence-corrected chi connectivity index (χ4v) is 3.44. The normalized spacial score (nSPS) is 11.9. The van der Waals surface area contributed by atoms with Crippen molar-refractivity contribution in [2.24, 2.45) is 0 Å². The third-order valence-electron chi connectivity index (χ3n) is 4.24. The molecule has 7 nitrogen and oxygen atoms in total. The van der Waals surface area contributed by atoms with E-state index >= 15 is 0 Å². The molecule has 0 unspecified atom stereocenters. The van der Waals surface area contributed by atoms with Crippen LogP contribution in [0, 0.1) is 11.6 Å². The number of nitrogens with zero attached hydrogens (tertiary/aromatic N) is 1. The molecule has 0 atom stereocenters. The lowest BCUT2D eigenvalue weighted by Crippen LogP contribution is -2.25. The Kier molecular flexibility index (Phi) is 5.57. The number of nitrogens with one attached hydrogen (secondary N) is 2. The van der Waals surface area contributed by atoms with Crippen molar-refractivity contribution in [3.8, 4) is 11.5 Å². The van der Waals surface area contributed by atoms with Gasteiger partial charge < -0.3 is 14.8 Å². The lowest BCUT2D eigenvalue weighted by Gasteiger charge is -2.05. The highest BCUT2D eigenvalue weighted by atomic mass is 32.1. The number of amides is 2. The molecule has 2 N–H and O–H groups in total. The zero-order chi connectivity index (χ0) is 21.1. The molecule has 30 heavy (non-hydrogen) atoms. The molecule has 0 spiro atoms. The molecule has 0 fully saturated rings. The number of benzene rings is 2. The molecular weight excluding hydrogens is 416 g/mol. The van der Waals surface area contributed by atoms with Crippen molar-refractivity contribution in [2.45, 2.75) is 13.0 Å². The van der Waals surface area contributed by atoms with Crippen LogP contribution in [0.4, 0.5) is 13.9 Å². The van der Waals surface area contributed by atoms with Gasteiger partial charge in [-0.05, 0) is 24.3 Å². The number of ether oxygens (including phenoxy) is 2. The summed E-state index contributed by atoms with van der Waals surface area (Å²) in [6, 6.07) is 8.00. The van der Waals surface area contributed by atoms with Gasteiger partial charge in [-0.2, -0.15) is 0 Å². The molecule has 0 saturated carbocycles. The van der Waals surface area contributed by atoms with Gasteiger partial charge in [0.05, 0.1) is 12.1 Å². The number of thiazole rings is 1. The maximum atomic E-state index is 13.6. The summed E-state index contributed by atoms with van der Waals surface area (Å²) in [4.78, 5) is 28.7. The van der Waals surface area contributed by atoms with Crippen LogP contribution in [0.3, 0.4) is 0 Å². The first-order valence-corrected chi connectivity index (χ1v) is 9.72. The first-order valence-electron chi connectivity index (χ1n) is 8.84. The van der Waals surface area contributed by atoms with Crippen molar-refractivity contribution in [3.05, 3.63) is 70.2 Å². The maximum Gasteiger partial charge on any atom is 0.257 e. The number of hydrogen-bond donors (Lipinski definition) is 2. The van der Waals surface area contributed by atoms with Gasteiger partial charge in [0.25, 0.3) is 5.91 Å². The number of rotatable bonds is 6. The summed E-state index contributed by atoms with van der Waals surface area (Å²) in [5.74, 6) is -1.08. The Balaban J connectivity index is 1.31. The van der Waals surface area contributed by atoms with E-state index in [2.05, 4.69) is 15.6 Å². The topological polar surface area (TPSA) is 89.6 Å². The first kappa shape index (κ1) is 19.8. The van der Waals surface area contributed by atoms with Crippen LogP contribution in [0.1, 0.15) is 21.6 Å². The zero-order valence-corrected chi connectivity index (χ0v) is 16.2. The minimum Gasteiger partial charge on any atom is -0.454 e. The summed E-state index contributed by atoms with van der Waals surface area (Å²) in [5, 5.41) is 7.21. The second kappa shape index (κ2) is 8.46.